The first-order chi connectivity index (χ1) is 0. The van der Waals surface area contributed by atoms with Gasteiger partial charge < -0.3 is 62.0 Å². The maximum Gasteiger partial charge on any atom is 4.00 e. The van der Waals surface area contributed by atoms with E-state index in [1.165, 1.54) is 0 Å². The van der Waals surface area contributed by atoms with Gasteiger partial charge in [0.2, 0.25) is 0 Å². The predicted molar refractivity (Wildman–Crippen MR) is 5.75 cm³/mol. The van der Waals surface area contributed by atoms with Crippen molar-refractivity contribution in [2.24, 2.45) is 0 Å². The zero-order valence-electron chi connectivity index (χ0n) is 2.97. The first-order valence-electron chi connectivity index (χ1n) is 0. The minimum atomic E-state index is 0. The normalized spacial score (nSPS) is 0. The summed E-state index contributed by atoms with van der Waals surface area (Å²) in [7, 11) is 0. The van der Waals surface area contributed by atoms with Gasteiger partial charge in [-0.15, -0.1) is 0 Å². The predicted octanol–water partition coefficient (Wildman–Crippen LogP) is -15.4. The van der Waals surface area contributed by atoms with Gasteiger partial charge in [0.05, 0.1) is 0 Å². The van der Waals surface area contributed by atoms with E-state index in [2.05, 4.69) is 0 Å². The van der Waals surface area contributed by atoms with Crippen LogP contribution in [0.4, 0.5) is 0 Å². The molecule has 0 aromatic heterocycles. The summed E-state index contributed by atoms with van der Waals surface area (Å²) < 4.78 is 0. The monoisotopic (exact) mass is 292 g/mol. The van der Waals surface area contributed by atoms with Gasteiger partial charge in [0.25, 0.3) is 0 Å². The smallest absolute Gasteiger partial charge is 1.00 e. The molecule has 0 nitrogen and oxygen atoms in total. The van der Waals surface area contributed by atoms with Crippen LogP contribution in [0.25, 0.3) is 0 Å². The fourth-order valence-electron chi connectivity index (χ4n) is 0. The van der Waals surface area contributed by atoms with Crippen LogP contribution >= 0.6 is 0 Å². The van der Waals surface area contributed by atoms with E-state index in [0.717, 1.165) is 0 Å². The Morgan fingerprint density at radius 3 is 0.429 bits per heavy atom. The topological polar surface area (TPSA) is 0 Å². The van der Waals surface area contributed by atoms with E-state index in [4.69, 9.17) is 0 Å². The Balaban J connectivity index is 0. The molecule has 0 aliphatic rings. The van der Waals surface area contributed by atoms with Gasteiger partial charge in [-0.2, -0.15) is 0 Å². The molecule has 0 heterocycles. The van der Waals surface area contributed by atoms with Crippen molar-refractivity contribution in [3.05, 3.63) is 0 Å². The van der Waals surface area contributed by atoms with Crippen LogP contribution in [-0.4, -0.2) is 17.4 Å². The third kappa shape index (κ3) is 50.9. The quantitative estimate of drug-likeness (QED) is 0.390. The summed E-state index contributed by atoms with van der Waals surface area (Å²) in [4.78, 5) is 0. The first-order valence-corrected chi connectivity index (χ1v) is 0. The van der Waals surface area contributed by atoms with Crippen molar-refractivity contribution in [3.8, 4) is 0 Å². The first kappa shape index (κ1) is 94.4. The molecular formula is AlCl5Zr+2. The third-order valence-electron chi connectivity index (χ3n) is 0. The van der Waals surface area contributed by atoms with Crippen LogP contribution in [0.15, 0.2) is 0 Å². The molecule has 0 unspecified atom stereocenters. The molecule has 0 bridgehead atoms. The van der Waals surface area contributed by atoms with Crippen LogP contribution in [0.2, 0.25) is 0 Å². The minimum Gasteiger partial charge on any atom is -1.00 e. The molecule has 0 radical (unpaired) electrons. The second-order valence-electron chi connectivity index (χ2n) is 0. The molecule has 0 saturated heterocycles. The molecule has 0 aliphatic carbocycles. The van der Waals surface area contributed by atoms with Crippen molar-refractivity contribution in [1.29, 1.82) is 0 Å². The molecule has 0 spiro atoms. The van der Waals surface area contributed by atoms with Crippen molar-refractivity contribution < 1.29 is 88.2 Å². The fourth-order valence-corrected chi connectivity index (χ4v) is 0. The summed E-state index contributed by atoms with van der Waals surface area (Å²) >= 11 is 0. The van der Waals surface area contributed by atoms with Gasteiger partial charge in [0, 0.05) is 0 Å². The van der Waals surface area contributed by atoms with Gasteiger partial charge >= 0.3 is 43.6 Å². The zero-order chi connectivity index (χ0) is 0. The summed E-state index contributed by atoms with van der Waals surface area (Å²) in [6.45, 7) is 0. The molecule has 0 aromatic rings. The van der Waals surface area contributed by atoms with Crippen molar-refractivity contribution in [3.63, 3.8) is 0 Å². The van der Waals surface area contributed by atoms with Gasteiger partial charge in [0.15, 0.2) is 0 Å². The standard InChI is InChI=1S/Al.5ClH.Zr/h;5*1H;/q+3;;;;;;+4/p-5. The van der Waals surface area contributed by atoms with Crippen molar-refractivity contribution >= 4 is 17.4 Å². The Hall–Kier alpha value is 2.87. The second kappa shape index (κ2) is 66.8. The van der Waals surface area contributed by atoms with E-state index in [1.807, 2.05) is 0 Å². The van der Waals surface area contributed by atoms with Gasteiger partial charge in [-0.1, -0.05) is 0 Å². The molecule has 0 N–H and O–H groups in total. The zero-order valence-corrected chi connectivity index (χ0v) is 10.4. The largest absolute Gasteiger partial charge is 4.00 e. The fraction of sp³-hybridized carbons (Fsp3) is 0. The Labute approximate surface area is 104 Å². The van der Waals surface area contributed by atoms with Crippen LogP contribution in [0.1, 0.15) is 0 Å². The van der Waals surface area contributed by atoms with Gasteiger partial charge in [-0.25, -0.2) is 0 Å². The van der Waals surface area contributed by atoms with Crippen LogP contribution in [-0.2, 0) is 26.2 Å². The SMILES string of the molecule is [Al+3].[Cl-].[Cl-].[Cl-].[Cl-].[Cl-].[Zr+4]. The Morgan fingerprint density at radius 2 is 0.429 bits per heavy atom. The third-order valence-corrected chi connectivity index (χ3v) is 0. The molecule has 0 aromatic carbocycles. The van der Waals surface area contributed by atoms with E-state index < -0.39 is 0 Å². The van der Waals surface area contributed by atoms with E-state index in [0.29, 0.717) is 0 Å². The molecule has 7 heavy (non-hydrogen) atoms. The van der Waals surface area contributed by atoms with E-state index >= 15 is 0 Å². The summed E-state index contributed by atoms with van der Waals surface area (Å²) in [6.07, 6.45) is 0. The Bertz CT molecular complexity index is 8.04. The maximum absolute atomic E-state index is 0. The van der Waals surface area contributed by atoms with E-state index in [1.54, 1.807) is 0 Å². The molecule has 7 heteroatoms. The van der Waals surface area contributed by atoms with Crippen LogP contribution in [0.5, 0.6) is 0 Å². The summed E-state index contributed by atoms with van der Waals surface area (Å²) in [6, 6.07) is 0. The van der Waals surface area contributed by atoms with Crippen molar-refractivity contribution in [2.45, 2.75) is 0 Å². The molecule has 0 atom stereocenters. The van der Waals surface area contributed by atoms with Crippen molar-refractivity contribution in [1.82, 2.24) is 0 Å². The molecule has 0 saturated carbocycles. The Kier molecular flexibility index (Phi) is 901. The average Bonchev–Trinajstić information content (AvgIpc) is 0. The molecule has 0 rings (SSSR count). The van der Waals surface area contributed by atoms with Crippen LogP contribution in [0, 0.1) is 0 Å². The summed E-state index contributed by atoms with van der Waals surface area (Å²) in [5.74, 6) is 0. The second-order valence-corrected chi connectivity index (χ2v) is 0. The average molecular weight is 295 g/mol. The number of rotatable bonds is 0. The van der Waals surface area contributed by atoms with Crippen LogP contribution < -0.4 is 62.0 Å². The number of hydrogen-bond acceptors (Lipinski definition) is 0. The maximum atomic E-state index is 0. The van der Waals surface area contributed by atoms with E-state index in [9.17, 15) is 0 Å². The summed E-state index contributed by atoms with van der Waals surface area (Å²) in [5, 5.41) is 0. The van der Waals surface area contributed by atoms with Crippen LogP contribution in [0.3, 0.4) is 0 Å². The number of hydrogen-bond donors (Lipinski definition) is 0. The van der Waals surface area contributed by atoms with Crippen molar-refractivity contribution in [2.75, 3.05) is 0 Å². The molecule has 0 amide bonds. The molecule has 0 aliphatic heterocycles. The number of halogens is 5. The minimum absolute atomic E-state index is 0. The van der Waals surface area contributed by atoms with Gasteiger partial charge in [-0.05, 0) is 0 Å². The van der Waals surface area contributed by atoms with Gasteiger partial charge in [-0.3, -0.25) is 0 Å². The Morgan fingerprint density at radius 1 is 0.429 bits per heavy atom. The molecular weight excluding hydrogens is 295 g/mol. The molecule has 0 fully saturated rings. The van der Waals surface area contributed by atoms with Gasteiger partial charge in [0.1, 0.15) is 0 Å². The summed E-state index contributed by atoms with van der Waals surface area (Å²) in [5.41, 5.74) is 0. The molecule has 40 valence electrons. The van der Waals surface area contributed by atoms with E-state index in [-0.39, 0.29) is 106 Å².